The molecule has 0 aliphatic carbocycles. The monoisotopic (exact) mass is 298 g/mol. The van der Waals surface area contributed by atoms with Gasteiger partial charge in [-0.1, -0.05) is 22.0 Å². The van der Waals surface area contributed by atoms with Crippen molar-refractivity contribution in [3.8, 4) is 0 Å². The van der Waals surface area contributed by atoms with Gasteiger partial charge in [0.15, 0.2) is 0 Å². The molecule has 1 aromatic carbocycles. The molecular weight excluding hydrogens is 284 g/mol. The van der Waals surface area contributed by atoms with Crippen LogP contribution in [0.4, 0.5) is 5.69 Å². The molecule has 0 spiro atoms. The van der Waals surface area contributed by atoms with E-state index in [2.05, 4.69) is 21.2 Å². The third-order valence-electron chi connectivity index (χ3n) is 2.76. The molecule has 0 aromatic heterocycles. The molecule has 1 heterocycles. The Bertz CT molecular complexity index is 411. The second-order valence-corrected chi connectivity index (χ2v) is 4.98. The van der Waals surface area contributed by atoms with E-state index in [1.54, 1.807) is 0 Å². The molecule has 0 unspecified atom stereocenters. The van der Waals surface area contributed by atoms with Crippen molar-refractivity contribution in [2.24, 2.45) is 5.73 Å². The van der Waals surface area contributed by atoms with E-state index in [1.807, 2.05) is 24.3 Å². The molecule has 92 valence electrons. The summed E-state index contributed by atoms with van der Waals surface area (Å²) >= 11 is 3.36. The van der Waals surface area contributed by atoms with Gasteiger partial charge >= 0.3 is 0 Å². The first kappa shape index (κ1) is 12.5. The lowest BCUT2D eigenvalue weighted by Gasteiger charge is -2.12. The Balaban J connectivity index is 1.93. The van der Waals surface area contributed by atoms with Crippen LogP contribution in [-0.4, -0.2) is 24.7 Å². The van der Waals surface area contributed by atoms with Gasteiger partial charge in [0.2, 0.25) is 0 Å². The van der Waals surface area contributed by atoms with E-state index in [0.29, 0.717) is 6.54 Å². The predicted octanol–water partition coefficient (Wildman–Crippen LogP) is 1.89. The zero-order valence-corrected chi connectivity index (χ0v) is 10.9. The zero-order valence-electron chi connectivity index (χ0n) is 9.36. The Morgan fingerprint density at radius 1 is 1.53 bits per heavy atom. The summed E-state index contributed by atoms with van der Waals surface area (Å²) in [7, 11) is 0. The molecule has 1 amide bonds. The number of rotatable bonds is 3. The molecule has 0 saturated carbocycles. The largest absolute Gasteiger partial charge is 0.364 e. The van der Waals surface area contributed by atoms with Crippen molar-refractivity contribution in [1.29, 1.82) is 0 Å². The highest BCUT2D eigenvalue weighted by atomic mass is 79.9. The van der Waals surface area contributed by atoms with Gasteiger partial charge in [-0.15, -0.1) is 0 Å². The van der Waals surface area contributed by atoms with Crippen LogP contribution in [0, 0.1) is 0 Å². The normalized spacial score (nSPS) is 23.6. The number of amides is 1. The quantitative estimate of drug-likeness (QED) is 0.896. The molecule has 1 aliphatic heterocycles. The Morgan fingerprint density at radius 3 is 3.00 bits per heavy atom. The Labute approximate surface area is 109 Å². The van der Waals surface area contributed by atoms with Crippen LogP contribution in [0.25, 0.3) is 0 Å². The van der Waals surface area contributed by atoms with Crippen LogP contribution in [0.5, 0.6) is 0 Å². The SMILES string of the molecule is NC[C@H]1CC[C@@H](C(=O)Nc2cccc(Br)c2)O1. The zero-order chi connectivity index (χ0) is 12.3. The van der Waals surface area contributed by atoms with E-state index in [-0.39, 0.29) is 18.1 Å². The fourth-order valence-electron chi connectivity index (χ4n) is 1.86. The number of benzene rings is 1. The minimum atomic E-state index is -0.373. The molecule has 1 saturated heterocycles. The number of ether oxygens (including phenoxy) is 1. The number of anilines is 1. The van der Waals surface area contributed by atoms with E-state index >= 15 is 0 Å². The first-order valence-electron chi connectivity index (χ1n) is 5.61. The first-order valence-corrected chi connectivity index (χ1v) is 6.40. The highest BCUT2D eigenvalue weighted by Gasteiger charge is 2.29. The molecule has 1 fully saturated rings. The van der Waals surface area contributed by atoms with Gasteiger partial charge in [0, 0.05) is 16.7 Å². The second kappa shape index (κ2) is 5.62. The first-order chi connectivity index (χ1) is 8.19. The summed E-state index contributed by atoms with van der Waals surface area (Å²) in [6.45, 7) is 0.473. The number of nitrogens with two attached hydrogens (primary N) is 1. The topological polar surface area (TPSA) is 64.4 Å². The van der Waals surface area contributed by atoms with Gasteiger partial charge in [-0.2, -0.15) is 0 Å². The van der Waals surface area contributed by atoms with Crippen molar-refractivity contribution in [2.75, 3.05) is 11.9 Å². The Morgan fingerprint density at radius 2 is 2.35 bits per heavy atom. The van der Waals surface area contributed by atoms with Gasteiger partial charge in [-0.25, -0.2) is 0 Å². The van der Waals surface area contributed by atoms with E-state index in [1.165, 1.54) is 0 Å². The van der Waals surface area contributed by atoms with Crippen LogP contribution in [0.3, 0.4) is 0 Å². The van der Waals surface area contributed by atoms with Gasteiger partial charge in [-0.05, 0) is 31.0 Å². The third kappa shape index (κ3) is 3.28. The predicted molar refractivity (Wildman–Crippen MR) is 69.7 cm³/mol. The molecule has 5 heteroatoms. The average Bonchev–Trinajstić information content (AvgIpc) is 2.77. The summed E-state index contributed by atoms with van der Waals surface area (Å²) in [5.74, 6) is -0.0981. The summed E-state index contributed by atoms with van der Waals surface area (Å²) in [6.07, 6.45) is 1.24. The van der Waals surface area contributed by atoms with Crippen LogP contribution in [-0.2, 0) is 9.53 Å². The molecule has 3 N–H and O–H groups in total. The minimum Gasteiger partial charge on any atom is -0.364 e. The fourth-order valence-corrected chi connectivity index (χ4v) is 2.26. The number of carbonyl (C=O) groups excluding carboxylic acids is 1. The molecule has 2 atom stereocenters. The maximum absolute atomic E-state index is 11.9. The number of halogens is 1. The lowest BCUT2D eigenvalue weighted by Crippen LogP contribution is -2.29. The molecular formula is C12H15BrN2O2. The summed E-state index contributed by atoms with van der Waals surface area (Å²) in [5, 5.41) is 2.83. The van der Waals surface area contributed by atoms with Crippen LogP contribution in [0.15, 0.2) is 28.7 Å². The minimum absolute atomic E-state index is 0.0215. The van der Waals surface area contributed by atoms with E-state index in [9.17, 15) is 4.79 Å². The van der Waals surface area contributed by atoms with Gasteiger partial charge in [-0.3, -0.25) is 4.79 Å². The maximum atomic E-state index is 11.9. The summed E-state index contributed by atoms with van der Waals surface area (Å²) in [4.78, 5) is 11.9. The van der Waals surface area contributed by atoms with Crippen LogP contribution < -0.4 is 11.1 Å². The molecule has 2 rings (SSSR count). The van der Waals surface area contributed by atoms with Gasteiger partial charge < -0.3 is 15.8 Å². The summed E-state index contributed by atoms with van der Waals surface area (Å²) < 4.78 is 6.46. The van der Waals surface area contributed by atoms with Crippen molar-refractivity contribution in [1.82, 2.24) is 0 Å². The van der Waals surface area contributed by atoms with Crippen LogP contribution >= 0.6 is 15.9 Å². The van der Waals surface area contributed by atoms with Crippen molar-refractivity contribution in [2.45, 2.75) is 25.0 Å². The van der Waals surface area contributed by atoms with Crippen molar-refractivity contribution >= 4 is 27.5 Å². The molecule has 0 bridgehead atoms. The molecule has 4 nitrogen and oxygen atoms in total. The molecule has 1 aromatic rings. The van der Waals surface area contributed by atoms with E-state index in [4.69, 9.17) is 10.5 Å². The number of nitrogens with one attached hydrogen (secondary N) is 1. The highest BCUT2D eigenvalue weighted by Crippen LogP contribution is 2.21. The summed E-state index contributed by atoms with van der Waals surface area (Å²) in [5.41, 5.74) is 6.27. The van der Waals surface area contributed by atoms with Gasteiger partial charge in [0.05, 0.1) is 6.10 Å². The summed E-state index contributed by atoms with van der Waals surface area (Å²) in [6, 6.07) is 7.48. The molecule has 1 aliphatic rings. The lowest BCUT2D eigenvalue weighted by atomic mass is 10.2. The second-order valence-electron chi connectivity index (χ2n) is 4.06. The standard InChI is InChI=1S/C12H15BrN2O2/c13-8-2-1-3-9(6-8)15-12(16)11-5-4-10(7-14)17-11/h1-3,6,10-11H,4-5,7,14H2,(H,15,16)/t10-,11+/m1/s1. The number of carbonyl (C=O) groups is 1. The Hall–Kier alpha value is -0.910. The number of hydrogen-bond donors (Lipinski definition) is 2. The fraction of sp³-hybridized carbons (Fsp3) is 0.417. The van der Waals surface area contributed by atoms with Crippen LogP contribution in [0.2, 0.25) is 0 Å². The number of hydrogen-bond acceptors (Lipinski definition) is 3. The van der Waals surface area contributed by atoms with E-state index < -0.39 is 0 Å². The van der Waals surface area contributed by atoms with Crippen molar-refractivity contribution in [3.05, 3.63) is 28.7 Å². The lowest BCUT2D eigenvalue weighted by molar-refractivity contribution is -0.126. The van der Waals surface area contributed by atoms with Crippen molar-refractivity contribution in [3.63, 3.8) is 0 Å². The van der Waals surface area contributed by atoms with Crippen LogP contribution in [0.1, 0.15) is 12.8 Å². The molecule has 0 radical (unpaired) electrons. The highest BCUT2D eigenvalue weighted by molar-refractivity contribution is 9.10. The molecule has 17 heavy (non-hydrogen) atoms. The average molecular weight is 299 g/mol. The van der Waals surface area contributed by atoms with E-state index in [0.717, 1.165) is 23.0 Å². The maximum Gasteiger partial charge on any atom is 0.253 e. The smallest absolute Gasteiger partial charge is 0.253 e. The van der Waals surface area contributed by atoms with Gasteiger partial charge in [0.1, 0.15) is 6.10 Å². The van der Waals surface area contributed by atoms with Gasteiger partial charge in [0.25, 0.3) is 5.91 Å². The third-order valence-corrected chi connectivity index (χ3v) is 3.25. The van der Waals surface area contributed by atoms with Crippen molar-refractivity contribution < 1.29 is 9.53 Å². The Kier molecular flexibility index (Phi) is 4.15.